The van der Waals surface area contributed by atoms with Gasteiger partial charge in [-0.3, -0.25) is 9.69 Å². The van der Waals surface area contributed by atoms with E-state index in [0.29, 0.717) is 6.54 Å². The topological polar surface area (TPSA) is 20.3 Å². The molecule has 0 N–H and O–H groups in total. The lowest BCUT2D eigenvalue weighted by Crippen LogP contribution is -2.33. The van der Waals surface area contributed by atoms with E-state index in [1.54, 1.807) is 19.1 Å². The summed E-state index contributed by atoms with van der Waals surface area (Å²) in [6.45, 7) is 4.10. The molecule has 0 spiro atoms. The van der Waals surface area contributed by atoms with E-state index in [9.17, 15) is 9.18 Å². The molecule has 0 amide bonds. The molecule has 82 valence electrons. The van der Waals surface area contributed by atoms with Crippen LogP contribution in [0.1, 0.15) is 19.4 Å². The highest BCUT2D eigenvalue weighted by Crippen LogP contribution is 2.08. The molecule has 0 aromatic heterocycles. The molecule has 15 heavy (non-hydrogen) atoms. The Morgan fingerprint density at radius 3 is 2.40 bits per heavy atom. The predicted molar refractivity (Wildman–Crippen MR) is 58.0 cm³/mol. The Morgan fingerprint density at radius 1 is 1.40 bits per heavy atom. The van der Waals surface area contributed by atoms with Crippen LogP contribution in [0, 0.1) is 5.82 Å². The quantitative estimate of drug-likeness (QED) is 0.758. The third-order valence-corrected chi connectivity index (χ3v) is 2.59. The number of benzene rings is 1. The molecule has 0 saturated heterocycles. The highest BCUT2D eigenvalue weighted by Gasteiger charge is 2.13. The predicted octanol–water partition coefficient (Wildman–Crippen LogP) is 2.24. The lowest BCUT2D eigenvalue weighted by atomic mass is 10.1. The minimum Gasteiger partial charge on any atom is -0.298 e. The fourth-order valence-electron chi connectivity index (χ4n) is 1.33. The summed E-state index contributed by atoms with van der Waals surface area (Å²) >= 11 is 0. The Labute approximate surface area is 89.7 Å². The average Bonchev–Trinajstić information content (AvgIpc) is 2.20. The Balaban J connectivity index is 2.62. The van der Waals surface area contributed by atoms with E-state index in [1.165, 1.54) is 12.1 Å². The summed E-state index contributed by atoms with van der Waals surface area (Å²) in [7, 11) is 1.88. The Kier molecular flexibility index (Phi) is 3.97. The SMILES string of the molecule is CC(=O)C(C)N(C)Cc1ccc(F)cc1. The number of carbonyl (C=O) groups excluding carboxylic acids is 1. The van der Waals surface area contributed by atoms with Crippen LogP contribution in [0.4, 0.5) is 4.39 Å². The van der Waals surface area contributed by atoms with E-state index >= 15 is 0 Å². The molecular weight excluding hydrogens is 193 g/mol. The van der Waals surface area contributed by atoms with Crippen molar-refractivity contribution in [2.45, 2.75) is 26.4 Å². The maximum atomic E-state index is 12.6. The number of rotatable bonds is 4. The van der Waals surface area contributed by atoms with E-state index < -0.39 is 0 Å². The standard InChI is InChI=1S/C12H16FNO/c1-9(10(2)15)14(3)8-11-4-6-12(13)7-5-11/h4-7,9H,8H2,1-3H3. The number of likely N-dealkylation sites (N-methyl/N-ethyl adjacent to an activating group) is 1. The fourth-order valence-corrected chi connectivity index (χ4v) is 1.33. The van der Waals surface area contributed by atoms with Crippen molar-refractivity contribution in [1.82, 2.24) is 4.90 Å². The van der Waals surface area contributed by atoms with Crippen LogP contribution in [0.15, 0.2) is 24.3 Å². The molecule has 0 saturated carbocycles. The largest absolute Gasteiger partial charge is 0.298 e. The second kappa shape index (κ2) is 5.03. The van der Waals surface area contributed by atoms with E-state index in [1.807, 2.05) is 18.9 Å². The third kappa shape index (κ3) is 3.44. The molecule has 1 aromatic carbocycles. The number of Topliss-reactive ketones (excluding diaryl/α,β-unsaturated/α-hetero) is 1. The summed E-state index contributed by atoms with van der Waals surface area (Å²) in [6, 6.07) is 6.23. The first kappa shape index (κ1) is 11.9. The van der Waals surface area contributed by atoms with Gasteiger partial charge in [-0.2, -0.15) is 0 Å². The molecule has 0 fully saturated rings. The van der Waals surface area contributed by atoms with Crippen LogP contribution < -0.4 is 0 Å². The molecule has 1 atom stereocenters. The monoisotopic (exact) mass is 209 g/mol. The van der Waals surface area contributed by atoms with Crippen LogP contribution in [-0.4, -0.2) is 23.8 Å². The van der Waals surface area contributed by atoms with Gasteiger partial charge in [0.15, 0.2) is 0 Å². The fraction of sp³-hybridized carbons (Fsp3) is 0.417. The second-order valence-corrected chi connectivity index (χ2v) is 3.83. The van der Waals surface area contributed by atoms with Crippen LogP contribution >= 0.6 is 0 Å². The minimum atomic E-state index is -0.235. The van der Waals surface area contributed by atoms with Crippen molar-refractivity contribution in [2.24, 2.45) is 0 Å². The zero-order chi connectivity index (χ0) is 11.4. The van der Waals surface area contributed by atoms with Gasteiger partial charge in [0.25, 0.3) is 0 Å². The molecule has 2 nitrogen and oxygen atoms in total. The van der Waals surface area contributed by atoms with Gasteiger partial charge < -0.3 is 0 Å². The van der Waals surface area contributed by atoms with Crippen LogP contribution in [-0.2, 0) is 11.3 Å². The summed E-state index contributed by atoms with van der Waals surface area (Å²) < 4.78 is 12.6. The molecule has 0 radical (unpaired) electrons. The van der Waals surface area contributed by atoms with Crippen molar-refractivity contribution >= 4 is 5.78 Å². The number of hydrogen-bond acceptors (Lipinski definition) is 2. The van der Waals surface area contributed by atoms with Crippen molar-refractivity contribution in [3.8, 4) is 0 Å². The van der Waals surface area contributed by atoms with Crippen molar-refractivity contribution in [3.05, 3.63) is 35.6 Å². The normalized spacial score (nSPS) is 12.9. The second-order valence-electron chi connectivity index (χ2n) is 3.83. The van der Waals surface area contributed by atoms with Gasteiger partial charge in [0, 0.05) is 6.54 Å². The number of halogens is 1. The maximum absolute atomic E-state index is 12.6. The van der Waals surface area contributed by atoms with Crippen LogP contribution in [0.3, 0.4) is 0 Å². The molecule has 1 rings (SSSR count). The van der Waals surface area contributed by atoms with E-state index in [-0.39, 0.29) is 17.6 Å². The highest BCUT2D eigenvalue weighted by atomic mass is 19.1. The molecular formula is C12H16FNO. The van der Waals surface area contributed by atoms with Gasteiger partial charge in [-0.15, -0.1) is 0 Å². The Hall–Kier alpha value is -1.22. The van der Waals surface area contributed by atoms with E-state index in [2.05, 4.69) is 0 Å². The van der Waals surface area contributed by atoms with Crippen LogP contribution in [0.5, 0.6) is 0 Å². The van der Waals surface area contributed by atoms with Crippen LogP contribution in [0.2, 0.25) is 0 Å². The number of ketones is 1. The van der Waals surface area contributed by atoms with Crippen molar-refractivity contribution in [3.63, 3.8) is 0 Å². The van der Waals surface area contributed by atoms with Gasteiger partial charge in [0.2, 0.25) is 0 Å². The maximum Gasteiger partial charge on any atom is 0.146 e. The minimum absolute atomic E-state index is 0.102. The molecule has 0 aliphatic carbocycles. The summed E-state index contributed by atoms with van der Waals surface area (Å²) in [5.41, 5.74) is 1.01. The molecule has 0 heterocycles. The molecule has 1 unspecified atom stereocenters. The lowest BCUT2D eigenvalue weighted by Gasteiger charge is -2.22. The average molecular weight is 209 g/mol. The summed E-state index contributed by atoms with van der Waals surface area (Å²) in [5, 5.41) is 0. The lowest BCUT2D eigenvalue weighted by molar-refractivity contribution is -0.121. The van der Waals surface area contributed by atoms with Gasteiger partial charge in [-0.05, 0) is 38.6 Å². The zero-order valence-corrected chi connectivity index (χ0v) is 9.33. The first-order valence-corrected chi connectivity index (χ1v) is 4.96. The Bertz CT molecular complexity index is 334. The smallest absolute Gasteiger partial charge is 0.146 e. The third-order valence-electron chi connectivity index (χ3n) is 2.59. The van der Waals surface area contributed by atoms with Gasteiger partial charge in [-0.1, -0.05) is 12.1 Å². The molecule has 0 bridgehead atoms. The van der Waals surface area contributed by atoms with Gasteiger partial charge in [0.1, 0.15) is 11.6 Å². The van der Waals surface area contributed by atoms with E-state index in [0.717, 1.165) is 5.56 Å². The van der Waals surface area contributed by atoms with Crippen LogP contribution in [0.25, 0.3) is 0 Å². The van der Waals surface area contributed by atoms with Crippen molar-refractivity contribution in [1.29, 1.82) is 0 Å². The Morgan fingerprint density at radius 2 is 1.93 bits per heavy atom. The first-order chi connectivity index (χ1) is 7.00. The van der Waals surface area contributed by atoms with Gasteiger partial charge in [-0.25, -0.2) is 4.39 Å². The van der Waals surface area contributed by atoms with Crippen molar-refractivity contribution < 1.29 is 9.18 Å². The molecule has 1 aromatic rings. The summed E-state index contributed by atoms with van der Waals surface area (Å²) in [6.07, 6.45) is 0. The molecule has 0 aliphatic rings. The zero-order valence-electron chi connectivity index (χ0n) is 9.33. The first-order valence-electron chi connectivity index (χ1n) is 4.96. The van der Waals surface area contributed by atoms with E-state index in [4.69, 9.17) is 0 Å². The molecule has 0 aliphatic heterocycles. The number of nitrogens with zero attached hydrogens (tertiary/aromatic N) is 1. The number of carbonyl (C=O) groups is 1. The number of hydrogen-bond donors (Lipinski definition) is 0. The van der Waals surface area contributed by atoms with Gasteiger partial charge in [0.05, 0.1) is 6.04 Å². The molecule has 3 heteroatoms. The van der Waals surface area contributed by atoms with Gasteiger partial charge >= 0.3 is 0 Å². The summed E-state index contributed by atoms with van der Waals surface area (Å²) in [4.78, 5) is 13.1. The van der Waals surface area contributed by atoms with Crippen molar-refractivity contribution in [2.75, 3.05) is 7.05 Å². The highest BCUT2D eigenvalue weighted by molar-refractivity contribution is 5.80. The summed E-state index contributed by atoms with van der Waals surface area (Å²) in [5.74, 6) is -0.0966.